The summed E-state index contributed by atoms with van der Waals surface area (Å²) in [4.78, 5) is 11.1. The van der Waals surface area contributed by atoms with Crippen LogP contribution >= 0.6 is 11.6 Å². The lowest BCUT2D eigenvalue weighted by atomic mass is 10.1. The van der Waals surface area contributed by atoms with Crippen molar-refractivity contribution in [3.05, 3.63) is 76.5 Å². The Labute approximate surface area is 139 Å². The van der Waals surface area contributed by atoms with Crippen molar-refractivity contribution in [3.63, 3.8) is 0 Å². The Morgan fingerprint density at radius 2 is 1.87 bits per heavy atom. The predicted octanol–water partition coefficient (Wildman–Crippen LogP) is 4.83. The smallest absolute Gasteiger partial charge is 0.331 e. The van der Waals surface area contributed by atoms with Gasteiger partial charge in [0.25, 0.3) is 0 Å². The maximum absolute atomic E-state index is 11.1. The van der Waals surface area contributed by atoms with E-state index in [2.05, 4.69) is 4.57 Å². The van der Waals surface area contributed by atoms with Gasteiger partial charge in [0.05, 0.1) is 0 Å². The second-order valence-corrected chi connectivity index (χ2v) is 5.92. The van der Waals surface area contributed by atoms with E-state index in [0.29, 0.717) is 17.1 Å². The first-order valence-corrected chi connectivity index (χ1v) is 7.66. The molecule has 3 aromatic rings. The standard InChI is InChI=1S/C19H16ClNO2/c1-13(19(22)23)10-15-12-21(18-5-3-2-4-17(15)18)11-14-6-8-16(20)9-7-14/h2-10,12H,11H2,1H3,(H,22,23)/b13-10+. The quantitative estimate of drug-likeness (QED) is 0.698. The Hall–Kier alpha value is -2.52. The van der Waals surface area contributed by atoms with Gasteiger partial charge < -0.3 is 9.67 Å². The molecule has 0 aliphatic heterocycles. The average molecular weight is 326 g/mol. The normalized spacial score (nSPS) is 11.8. The molecule has 1 aromatic heterocycles. The maximum Gasteiger partial charge on any atom is 0.331 e. The van der Waals surface area contributed by atoms with E-state index in [1.54, 1.807) is 13.0 Å². The highest BCUT2D eigenvalue weighted by Gasteiger charge is 2.09. The molecule has 23 heavy (non-hydrogen) atoms. The molecule has 4 heteroatoms. The molecule has 0 unspecified atom stereocenters. The molecule has 2 aromatic carbocycles. The number of benzene rings is 2. The van der Waals surface area contributed by atoms with E-state index in [1.165, 1.54) is 0 Å². The van der Waals surface area contributed by atoms with Gasteiger partial charge in [-0.15, -0.1) is 0 Å². The molecule has 3 rings (SSSR count). The summed E-state index contributed by atoms with van der Waals surface area (Å²) in [6.45, 7) is 2.31. The topological polar surface area (TPSA) is 42.2 Å². The summed E-state index contributed by atoms with van der Waals surface area (Å²) >= 11 is 5.93. The van der Waals surface area contributed by atoms with E-state index in [0.717, 1.165) is 22.0 Å². The third-order valence-electron chi connectivity index (χ3n) is 3.79. The van der Waals surface area contributed by atoms with Crippen molar-refractivity contribution in [1.82, 2.24) is 4.57 Å². The van der Waals surface area contributed by atoms with Crippen molar-refractivity contribution in [2.45, 2.75) is 13.5 Å². The van der Waals surface area contributed by atoms with Crippen molar-refractivity contribution >= 4 is 34.5 Å². The first-order chi connectivity index (χ1) is 11.0. The van der Waals surface area contributed by atoms with Crippen LogP contribution in [0.1, 0.15) is 18.1 Å². The fourth-order valence-electron chi connectivity index (χ4n) is 2.60. The number of carboxylic acid groups (broad SMARTS) is 1. The fraction of sp³-hybridized carbons (Fsp3) is 0.105. The van der Waals surface area contributed by atoms with Crippen molar-refractivity contribution in [2.75, 3.05) is 0 Å². The summed E-state index contributed by atoms with van der Waals surface area (Å²) < 4.78 is 2.12. The van der Waals surface area contributed by atoms with E-state index in [-0.39, 0.29) is 0 Å². The highest BCUT2D eigenvalue weighted by molar-refractivity contribution is 6.30. The Morgan fingerprint density at radius 3 is 2.57 bits per heavy atom. The minimum atomic E-state index is -0.903. The molecule has 0 radical (unpaired) electrons. The number of para-hydroxylation sites is 1. The molecule has 1 N–H and O–H groups in total. The second kappa shape index (κ2) is 6.31. The lowest BCUT2D eigenvalue weighted by molar-refractivity contribution is -0.132. The average Bonchev–Trinajstić information content (AvgIpc) is 2.88. The predicted molar refractivity (Wildman–Crippen MR) is 93.8 cm³/mol. The third kappa shape index (κ3) is 3.30. The van der Waals surface area contributed by atoms with Gasteiger partial charge in [0, 0.05) is 39.8 Å². The molecule has 0 spiro atoms. The number of hydrogen-bond acceptors (Lipinski definition) is 1. The van der Waals surface area contributed by atoms with E-state index < -0.39 is 5.97 Å². The van der Waals surface area contributed by atoms with Gasteiger partial charge in [0.2, 0.25) is 0 Å². The van der Waals surface area contributed by atoms with Gasteiger partial charge in [0.1, 0.15) is 0 Å². The van der Waals surface area contributed by atoms with Crippen LogP contribution in [0.3, 0.4) is 0 Å². The number of halogens is 1. The number of aliphatic carboxylic acids is 1. The van der Waals surface area contributed by atoms with Gasteiger partial charge >= 0.3 is 5.97 Å². The zero-order valence-corrected chi connectivity index (χ0v) is 13.4. The molecule has 0 bridgehead atoms. The number of aromatic nitrogens is 1. The molecule has 0 aliphatic carbocycles. The summed E-state index contributed by atoms with van der Waals surface area (Å²) in [6.07, 6.45) is 3.70. The maximum atomic E-state index is 11.1. The number of hydrogen-bond donors (Lipinski definition) is 1. The Balaban J connectivity index is 2.06. The molecule has 0 saturated heterocycles. The second-order valence-electron chi connectivity index (χ2n) is 5.49. The summed E-state index contributed by atoms with van der Waals surface area (Å²) in [5.74, 6) is -0.903. The number of rotatable bonds is 4. The summed E-state index contributed by atoms with van der Waals surface area (Å²) in [7, 11) is 0. The molecule has 1 heterocycles. The SMILES string of the molecule is C/C(=C\c1cn(Cc2ccc(Cl)cc2)c2ccccc12)C(=O)O. The lowest BCUT2D eigenvalue weighted by Crippen LogP contribution is -1.97. The highest BCUT2D eigenvalue weighted by atomic mass is 35.5. The molecule has 0 amide bonds. The van der Waals surface area contributed by atoms with Crippen LogP contribution in [0.4, 0.5) is 0 Å². The van der Waals surface area contributed by atoms with E-state index in [9.17, 15) is 4.79 Å². The van der Waals surface area contributed by atoms with E-state index in [4.69, 9.17) is 16.7 Å². The molecule has 0 saturated carbocycles. The molecular weight excluding hydrogens is 310 g/mol. The first kappa shape index (κ1) is 15.4. The number of carbonyl (C=O) groups is 1. The molecule has 0 fully saturated rings. The minimum Gasteiger partial charge on any atom is -0.478 e. The van der Waals surface area contributed by atoms with Crippen LogP contribution < -0.4 is 0 Å². The zero-order chi connectivity index (χ0) is 16.4. The van der Waals surface area contributed by atoms with Crippen LogP contribution in [0.2, 0.25) is 5.02 Å². The Bertz CT molecular complexity index is 891. The van der Waals surface area contributed by atoms with Gasteiger partial charge in [-0.1, -0.05) is 41.9 Å². The lowest BCUT2D eigenvalue weighted by Gasteiger charge is -2.05. The van der Waals surface area contributed by atoms with Gasteiger partial charge in [-0.25, -0.2) is 4.79 Å². The summed E-state index contributed by atoms with van der Waals surface area (Å²) in [6, 6.07) is 15.7. The number of carboxylic acids is 1. The van der Waals surface area contributed by atoms with Gasteiger partial charge in [0.15, 0.2) is 0 Å². The van der Waals surface area contributed by atoms with Gasteiger partial charge in [-0.2, -0.15) is 0 Å². The van der Waals surface area contributed by atoms with E-state index >= 15 is 0 Å². The van der Waals surface area contributed by atoms with Crippen LogP contribution in [0.25, 0.3) is 17.0 Å². The minimum absolute atomic E-state index is 0.319. The van der Waals surface area contributed by atoms with Crippen LogP contribution in [-0.2, 0) is 11.3 Å². The van der Waals surface area contributed by atoms with E-state index in [1.807, 2.05) is 54.7 Å². The van der Waals surface area contributed by atoms with Crippen LogP contribution in [0.15, 0.2) is 60.3 Å². The van der Waals surface area contributed by atoms with Crippen LogP contribution in [0.5, 0.6) is 0 Å². The Morgan fingerprint density at radius 1 is 1.17 bits per heavy atom. The summed E-state index contributed by atoms with van der Waals surface area (Å²) in [5.41, 5.74) is 3.45. The van der Waals surface area contributed by atoms with Gasteiger partial charge in [-0.3, -0.25) is 0 Å². The van der Waals surface area contributed by atoms with Crippen molar-refractivity contribution in [3.8, 4) is 0 Å². The van der Waals surface area contributed by atoms with Crippen LogP contribution in [0, 0.1) is 0 Å². The monoisotopic (exact) mass is 325 g/mol. The highest BCUT2D eigenvalue weighted by Crippen LogP contribution is 2.25. The van der Waals surface area contributed by atoms with Crippen molar-refractivity contribution in [2.24, 2.45) is 0 Å². The molecule has 0 atom stereocenters. The zero-order valence-electron chi connectivity index (χ0n) is 12.7. The van der Waals surface area contributed by atoms with Crippen LogP contribution in [-0.4, -0.2) is 15.6 Å². The summed E-state index contributed by atoms with van der Waals surface area (Å²) in [5, 5.41) is 10.9. The number of fused-ring (bicyclic) bond motifs is 1. The third-order valence-corrected chi connectivity index (χ3v) is 4.05. The largest absolute Gasteiger partial charge is 0.478 e. The van der Waals surface area contributed by atoms with Crippen molar-refractivity contribution < 1.29 is 9.90 Å². The molecule has 0 aliphatic rings. The molecular formula is C19H16ClNO2. The molecule has 3 nitrogen and oxygen atoms in total. The number of nitrogens with zero attached hydrogens (tertiary/aromatic N) is 1. The van der Waals surface area contributed by atoms with Crippen molar-refractivity contribution in [1.29, 1.82) is 0 Å². The fourth-order valence-corrected chi connectivity index (χ4v) is 2.73. The van der Waals surface area contributed by atoms with Gasteiger partial charge in [-0.05, 0) is 36.8 Å². The Kier molecular flexibility index (Phi) is 4.22. The molecule has 116 valence electrons. The first-order valence-electron chi connectivity index (χ1n) is 7.28.